The summed E-state index contributed by atoms with van der Waals surface area (Å²) in [6.45, 7) is 5.63. The second-order valence-electron chi connectivity index (χ2n) is 6.33. The minimum absolute atomic E-state index is 0.285. The zero-order valence-corrected chi connectivity index (χ0v) is 14.1. The summed E-state index contributed by atoms with van der Waals surface area (Å²) < 4.78 is 7.37. The van der Waals surface area contributed by atoms with Gasteiger partial charge in [0.15, 0.2) is 0 Å². The lowest BCUT2D eigenvalue weighted by Gasteiger charge is -2.25. The fourth-order valence-electron chi connectivity index (χ4n) is 2.76. The Hall–Kier alpha value is -2.41. The quantitative estimate of drug-likeness (QED) is 0.732. The molecule has 1 saturated heterocycles. The Morgan fingerprint density at radius 2 is 2.12 bits per heavy atom. The highest BCUT2D eigenvalue weighted by Gasteiger charge is 2.21. The van der Waals surface area contributed by atoms with Crippen molar-refractivity contribution in [3.8, 4) is 0 Å². The summed E-state index contributed by atoms with van der Waals surface area (Å²) in [4.78, 5) is 8.76. The van der Waals surface area contributed by atoms with Gasteiger partial charge in [-0.1, -0.05) is 0 Å². The fourth-order valence-corrected chi connectivity index (χ4v) is 2.76. The molecule has 0 atom stereocenters. The van der Waals surface area contributed by atoms with E-state index in [1.807, 2.05) is 10.8 Å². The number of anilines is 2. The van der Waals surface area contributed by atoms with Crippen LogP contribution in [-0.4, -0.2) is 39.5 Å². The van der Waals surface area contributed by atoms with E-state index >= 15 is 0 Å². The number of nitrogens with two attached hydrogens (primary N) is 1. The lowest BCUT2D eigenvalue weighted by Crippen LogP contribution is -2.29. The van der Waals surface area contributed by atoms with Gasteiger partial charge in [-0.05, 0) is 32.8 Å². The van der Waals surface area contributed by atoms with Crippen LogP contribution in [0.5, 0.6) is 0 Å². The Balaban J connectivity index is 1.89. The molecule has 7 heteroatoms. The second-order valence-corrected chi connectivity index (χ2v) is 6.33. The van der Waals surface area contributed by atoms with E-state index < -0.39 is 0 Å². The van der Waals surface area contributed by atoms with Gasteiger partial charge in [-0.15, -0.1) is 0 Å². The first-order chi connectivity index (χ1) is 11.6. The predicted molar refractivity (Wildman–Crippen MR) is 94.7 cm³/mol. The second kappa shape index (κ2) is 7.00. The van der Waals surface area contributed by atoms with Gasteiger partial charge in [0.05, 0.1) is 17.6 Å². The van der Waals surface area contributed by atoms with Gasteiger partial charge in [-0.2, -0.15) is 0 Å². The summed E-state index contributed by atoms with van der Waals surface area (Å²) in [5.41, 5.74) is 8.17. The van der Waals surface area contributed by atoms with E-state index in [2.05, 4.69) is 29.1 Å². The molecule has 1 fully saturated rings. The molecule has 0 bridgehead atoms. The molecule has 7 nitrogen and oxygen atoms in total. The molecule has 0 saturated carbocycles. The Kier molecular flexibility index (Phi) is 4.80. The molecule has 3 rings (SSSR count). The highest BCUT2D eigenvalue weighted by Crippen LogP contribution is 2.25. The van der Waals surface area contributed by atoms with Crippen molar-refractivity contribution in [3.05, 3.63) is 36.0 Å². The summed E-state index contributed by atoms with van der Waals surface area (Å²) in [6, 6.07) is 2.30. The monoisotopic (exact) mass is 328 g/mol. The topological polar surface area (TPSA) is 102 Å². The van der Waals surface area contributed by atoms with E-state index in [1.165, 1.54) is 0 Å². The summed E-state index contributed by atoms with van der Waals surface area (Å²) in [7, 11) is 0. The van der Waals surface area contributed by atoms with Crippen LogP contribution in [0.25, 0.3) is 0 Å². The van der Waals surface area contributed by atoms with Crippen molar-refractivity contribution in [2.45, 2.75) is 38.8 Å². The highest BCUT2D eigenvalue weighted by atomic mass is 16.5. The maximum Gasteiger partial charge on any atom is 0.137 e. The van der Waals surface area contributed by atoms with Gasteiger partial charge in [-0.25, -0.2) is 9.97 Å². The first-order valence-corrected chi connectivity index (χ1v) is 8.27. The van der Waals surface area contributed by atoms with Gasteiger partial charge in [0.1, 0.15) is 11.5 Å². The number of hydrogen-bond acceptors (Lipinski definition) is 6. The zero-order valence-electron chi connectivity index (χ0n) is 14.1. The number of pyridine rings is 1. The van der Waals surface area contributed by atoms with Crippen LogP contribution in [0.15, 0.2) is 24.8 Å². The molecule has 2 aromatic rings. The summed E-state index contributed by atoms with van der Waals surface area (Å²) in [6.07, 6.45) is 7.13. The van der Waals surface area contributed by atoms with Crippen molar-refractivity contribution < 1.29 is 4.74 Å². The number of nitrogen functional groups attached to an aromatic ring is 1. The Bertz CT molecular complexity index is 718. The van der Waals surface area contributed by atoms with Crippen molar-refractivity contribution in [2.24, 2.45) is 0 Å². The number of ether oxygens (including phenoxy) is 1. The summed E-state index contributed by atoms with van der Waals surface area (Å²) in [5.74, 6) is 0.644. The van der Waals surface area contributed by atoms with E-state index in [9.17, 15) is 0 Å². The SMILES string of the molecule is CC(C)n1cnc(C(=N)c2c(N)ccnc2NC2CCOCC2)c1. The van der Waals surface area contributed by atoms with Gasteiger partial charge in [-0.3, -0.25) is 5.41 Å². The van der Waals surface area contributed by atoms with Crippen molar-refractivity contribution >= 4 is 17.2 Å². The summed E-state index contributed by atoms with van der Waals surface area (Å²) in [5, 5.41) is 12.0. The average molecular weight is 328 g/mol. The Morgan fingerprint density at radius 3 is 2.79 bits per heavy atom. The van der Waals surface area contributed by atoms with E-state index in [4.69, 9.17) is 15.9 Å². The molecular weight excluding hydrogens is 304 g/mol. The molecule has 0 aromatic carbocycles. The number of aromatic nitrogens is 3. The van der Waals surface area contributed by atoms with Gasteiger partial charge >= 0.3 is 0 Å². The molecule has 0 unspecified atom stereocenters. The molecular formula is C17H24N6O. The van der Waals surface area contributed by atoms with Crippen molar-refractivity contribution in [3.63, 3.8) is 0 Å². The van der Waals surface area contributed by atoms with Crippen LogP contribution >= 0.6 is 0 Å². The molecule has 0 radical (unpaired) electrons. The molecule has 4 N–H and O–H groups in total. The van der Waals surface area contributed by atoms with E-state index in [0.717, 1.165) is 26.1 Å². The van der Waals surface area contributed by atoms with Crippen LogP contribution in [0.1, 0.15) is 44.0 Å². The third kappa shape index (κ3) is 3.41. The highest BCUT2D eigenvalue weighted by molar-refractivity contribution is 6.15. The van der Waals surface area contributed by atoms with Crippen molar-refractivity contribution in [2.75, 3.05) is 24.3 Å². The maximum absolute atomic E-state index is 8.56. The molecule has 24 heavy (non-hydrogen) atoms. The van der Waals surface area contributed by atoms with Gasteiger partial charge in [0.2, 0.25) is 0 Å². The number of imidazole rings is 1. The lowest BCUT2D eigenvalue weighted by molar-refractivity contribution is 0.0904. The minimum atomic E-state index is 0.285. The molecule has 3 heterocycles. The van der Waals surface area contributed by atoms with Crippen LogP contribution in [0.4, 0.5) is 11.5 Å². The van der Waals surface area contributed by atoms with Crippen molar-refractivity contribution in [1.29, 1.82) is 5.41 Å². The van der Waals surface area contributed by atoms with Crippen molar-refractivity contribution in [1.82, 2.24) is 14.5 Å². The van der Waals surface area contributed by atoms with Gasteiger partial charge in [0, 0.05) is 43.4 Å². The summed E-state index contributed by atoms with van der Waals surface area (Å²) >= 11 is 0. The van der Waals surface area contributed by atoms with E-state index in [-0.39, 0.29) is 11.8 Å². The molecule has 2 aromatic heterocycles. The lowest BCUT2D eigenvalue weighted by atomic mass is 10.0. The number of nitrogens with one attached hydrogen (secondary N) is 2. The molecule has 0 aliphatic carbocycles. The molecule has 1 aliphatic heterocycles. The Morgan fingerprint density at radius 1 is 1.38 bits per heavy atom. The van der Waals surface area contributed by atoms with Gasteiger partial charge in [0.25, 0.3) is 0 Å². The molecule has 0 spiro atoms. The van der Waals surface area contributed by atoms with Crippen LogP contribution in [0, 0.1) is 5.41 Å². The van der Waals surface area contributed by atoms with E-state index in [1.54, 1.807) is 18.6 Å². The molecule has 1 aliphatic rings. The average Bonchev–Trinajstić information content (AvgIpc) is 3.06. The first kappa shape index (κ1) is 16.4. The first-order valence-electron chi connectivity index (χ1n) is 8.27. The number of hydrogen-bond donors (Lipinski definition) is 3. The largest absolute Gasteiger partial charge is 0.398 e. The number of nitrogens with zero attached hydrogens (tertiary/aromatic N) is 3. The normalized spacial score (nSPS) is 15.6. The van der Waals surface area contributed by atoms with Crippen LogP contribution < -0.4 is 11.1 Å². The third-order valence-electron chi connectivity index (χ3n) is 4.25. The minimum Gasteiger partial charge on any atom is -0.398 e. The Labute approximate surface area is 141 Å². The van der Waals surface area contributed by atoms with E-state index in [0.29, 0.717) is 28.8 Å². The van der Waals surface area contributed by atoms with Gasteiger partial charge < -0.3 is 20.4 Å². The molecule has 128 valence electrons. The smallest absolute Gasteiger partial charge is 0.137 e. The van der Waals surface area contributed by atoms with Crippen LogP contribution in [-0.2, 0) is 4.74 Å². The van der Waals surface area contributed by atoms with Crippen LogP contribution in [0.3, 0.4) is 0 Å². The zero-order chi connectivity index (χ0) is 17.1. The third-order valence-corrected chi connectivity index (χ3v) is 4.25. The molecule has 0 amide bonds. The van der Waals surface area contributed by atoms with Crippen LogP contribution in [0.2, 0.25) is 0 Å². The maximum atomic E-state index is 8.56. The predicted octanol–water partition coefficient (Wildman–Crippen LogP) is 2.45. The fraction of sp³-hybridized carbons (Fsp3) is 0.471. The number of rotatable bonds is 5. The standard InChI is InChI=1S/C17H24N6O/c1-11(2)23-9-14(21-10-23)16(19)15-13(18)3-6-20-17(15)22-12-4-7-24-8-5-12/h3,6,9-12,19H,4-5,7-8H2,1-2H3,(H3,18,20,22).